The average Bonchev–Trinajstić information content (AvgIpc) is 2.61. The second kappa shape index (κ2) is 9.04. The molecule has 0 aliphatic carbocycles. The van der Waals surface area contributed by atoms with Crippen LogP contribution in [0.1, 0.15) is 54.8 Å². The van der Waals surface area contributed by atoms with E-state index in [0.29, 0.717) is 16.8 Å². The fraction of sp³-hybridized carbons (Fsp3) is 0.333. The van der Waals surface area contributed by atoms with Gasteiger partial charge >= 0.3 is 0 Å². The summed E-state index contributed by atoms with van der Waals surface area (Å²) in [4.78, 5) is 24.6. The zero-order valence-electron chi connectivity index (χ0n) is 15.7. The third kappa shape index (κ3) is 5.62. The van der Waals surface area contributed by atoms with Crippen LogP contribution in [0, 0.1) is 0 Å². The summed E-state index contributed by atoms with van der Waals surface area (Å²) >= 11 is 0. The lowest BCUT2D eigenvalue weighted by Crippen LogP contribution is -2.31. The predicted molar refractivity (Wildman–Crippen MR) is 104 cm³/mol. The fourth-order valence-corrected chi connectivity index (χ4v) is 2.31. The van der Waals surface area contributed by atoms with Crippen molar-refractivity contribution in [2.24, 2.45) is 0 Å². The van der Waals surface area contributed by atoms with E-state index in [1.54, 1.807) is 48.5 Å². The van der Waals surface area contributed by atoms with Crippen molar-refractivity contribution in [3.8, 4) is 5.75 Å². The monoisotopic (exact) mass is 354 g/mol. The Morgan fingerprint density at radius 3 is 2.27 bits per heavy atom. The number of ether oxygens (including phenoxy) is 1. The Kier molecular flexibility index (Phi) is 6.78. The Balaban J connectivity index is 2.05. The van der Waals surface area contributed by atoms with Crippen LogP contribution < -0.4 is 15.4 Å². The molecular formula is C21H26N2O3. The van der Waals surface area contributed by atoms with E-state index in [2.05, 4.69) is 10.6 Å². The summed E-state index contributed by atoms with van der Waals surface area (Å²) in [6.45, 7) is 7.87. The molecule has 0 saturated heterocycles. The van der Waals surface area contributed by atoms with E-state index in [9.17, 15) is 9.59 Å². The summed E-state index contributed by atoms with van der Waals surface area (Å²) < 4.78 is 5.57. The minimum Gasteiger partial charge on any atom is -0.491 e. The molecule has 1 unspecified atom stereocenters. The summed E-state index contributed by atoms with van der Waals surface area (Å²) in [5, 5.41) is 5.74. The molecule has 2 amide bonds. The number of carbonyl (C=O) groups excluding carboxylic acids is 2. The second-order valence-electron chi connectivity index (χ2n) is 6.51. The molecule has 2 aromatic rings. The van der Waals surface area contributed by atoms with Crippen LogP contribution in [0.3, 0.4) is 0 Å². The van der Waals surface area contributed by atoms with Crippen LogP contribution in [0.5, 0.6) is 5.75 Å². The summed E-state index contributed by atoms with van der Waals surface area (Å²) in [6.07, 6.45) is 0.942. The van der Waals surface area contributed by atoms with Crippen LogP contribution in [0.25, 0.3) is 0 Å². The van der Waals surface area contributed by atoms with E-state index >= 15 is 0 Å². The van der Waals surface area contributed by atoms with Crippen molar-refractivity contribution in [3.05, 3.63) is 59.7 Å². The minimum atomic E-state index is -0.236. The van der Waals surface area contributed by atoms with Crippen LogP contribution in [0.15, 0.2) is 48.5 Å². The molecule has 0 heterocycles. The number of hydrogen-bond acceptors (Lipinski definition) is 3. The SMILES string of the molecule is CCC(C)NC(=O)c1cccc(NC(=O)c2ccc(OC(C)C)cc2)c1. The molecule has 0 spiro atoms. The van der Waals surface area contributed by atoms with Crippen LogP contribution in [-0.2, 0) is 0 Å². The largest absolute Gasteiger partial charge is 0.491 e. The molecule has 2 aromatic carbocycles. The van der Waals surface area contributed by atoms with E-state index in [1.165, 1.54) is 0 Å². The van der Waals surface area contributed by atoms with Gasteiger partial charge in [-0.3, -0.25) is 9.59 Å². The van der Waals surface area contributed by atoms with E-state index in [-0.39, 0.29) is 24.0 Å². The number of amides is 2. The number of carbonyl (C=O) groups is 2. The van der Waals surface area contributed by atoms with Crippen LogP contribution in [0.4, 0.5) is 5.69 Å². The van der Waals surface area contributed by atoms with Gasteiger partial charge < -0.3 is 15.4 Å². The maximum Gasteiger partial charge on any atom is 0.255 e. The van der Waals surface area contributed by atoms with Crippen molar-refractivity contribution in [1.82, 2.24) is 5.32 Å². The molecule has 1 atom stereocenters. The standard InChI is InChI=1S/C21H26N2O3/c1-5-15(4)22-21(25)17-7-6-8-18(13-17)23-20(24)16-9-11-19(12-10-16)26-14(2)3/h6-15H,5H2,1-4H3,(H,22,25)(H,23,24). The lowest BCUT2D eigenvalue weighted by atomic mass is 10.1. The molecule has 0 bridgehead atoms. The molecule has 0 saturated carbocycles. The highest BCUT2D eigenvalue weighted by Gasteiger charge is 2.11. The summed E-state index contributed by atoms with van der Waals surface area (Å²) in [7, 11) is 0. The lowest BCUT2D eigenvalue weighted by Gasteiger charge is -2.12. The predicted octanol–water partition coefficient (Wildman–Crippen LogP) is 4.25. The topological polar surface area (TPSA) is 67.4 Å². The number of hydrogen-bond donors (Lipinski definition) is 2. The maximum absolute atomic E-state index is 12.4. The van der Waals surface area contributed by atoms with Gasteiger partial charge in [-0.1, -0.05) is 13.0 Å². The molecule has 0 fully saturated rings. The van der Waals surface area contributed by atoms with Crippen LogP contribution in [-0.4, -0.2) is 24.0 Å². The molecule has 0 radical (unpaired) electrons. The number of rotatable bonds is 7. The molecule has 0 aliphatic rings. The van der Waals surface area contributed by atoms with Crippen molar-refractivity contribution in [3.63, 3.8) is 0 Å². The van der Waals surface area contributed by atoms with Crippen molar-refractivity contribution < 1.29 is 14.3 Å². The van der Waals surface area contributed by atoms with Crippen molar-refractivity contribution >= 4 is 17.5 Å². The molecule has 2 N–H and O–H groups in total. The Morgan fingerprint density at radius 1 is 0.962 bits per heavy atom. The van der Waals surface area contributed by atoms with Gasteiger partial charge in [0.25, 0.3) is 11.8 Å². The number of anilines is 1. The van der Waals surface area contributed by atoms with Crippen LogP contribution >= 0.6 is 0 Å². The molecule has 26 heavy (non-hydrogen) atoms. The van der Waals surface area contributed by atoms with Crippen molar-refractivity contribution in [2.45, 2.75) is 46.3 Å². The fourth-order valence-electron chi connectivity index (χ4n) is 2.31. The van der Waals surface area contributed by atoms with Gasteiger partial charge in [0.15, 0.2) is 0 Å². The molecule has 0 aliphatic heterocycles. The van der Waals surface area contributed by atoms with Crippen LogP contribution in [0.2, 0.25) is 0 Å². The van der Waals surface area contributed by atoms with E-state index in [0.717, 1.165) is 12.2 Å². The smallest absolute Gasteiger partial charge is 0.255 e. The Bertz CT molecular complexity index is 754. The number of benzene rings is 2. The Labute approximate surface area is 154 Å². The van der Waals surface area contributed by atoms with Crippen molar-refractivity contribution in [2.75, 3.05) is 5.32 Å². The van der Waals surface area contributed by atoms with Gasteiger partial charge in [-0.2, -0.15) is 0 Å². The highest BCUT2D eigenvalue weighted by atomic mass is 16.5. The average molecular weight is 354 g/mol. The van der Waals surface area contributed by atoms with Gasteiger partial charge in [0.2, 0.25) is 0 Å². The van der Waals surface area contributed by atoms with E-state index in [4.69, 9.17) is 4.74 Å². The first-order valence-corrected chi connectivity index (χ1v) is 8.88. The highest BCUT2D eigenvalue weighted by molar-refractivity contribution is 6.05. The van der Waals surface area contributed by atoms with Crippen molar-refractivity contribution in [1.29, 1.82) is 0 Å². The molecule has 5 heteroatoms. The minimum absolute atomic E-state index is 0.0824. The third-order valence-electron chi connectivity index (χ3n) is 3.86. The molecule has 138 valence electrons. The zero-order valence-corrected chi connectivity index (χ0v) is 15.7. The summed E-state index contributed by atoms with van der Waals surface area (Å²) in [5.41, 5.74) is 1.62. The van der Waals surface area contributed by atoms with Gasteiger partial charge in [0.05, 0.1) is 6.10 Å². The first-order valence-electron chi connectivity index (χ1n) is 8.88. The third-order valence-corrected chi connectivity index (χ3v) is 3.86. The molecule has 2 rings (SSSR count). The first kappa shape index (κ1) is 19.5. The van der Waals surface area contributed by atoms with Gasteiger partial charge in [-0.25, -0.2) is 0 Å². The van der Waals surface area contributed by atoms with Gasteiger partial charge in [0.1, 0.15) is 5.75 Å². The molecule has 0 aromatic heterocycles. The first-order chi connectivity index (χ1) is 12.4. The van der Waals surface area contributed by atoms with Gasteiger partial charge in [0, 0.05) is 22.9 Å². The second-order valence-corrected chi connectivity index (χ2v) is 6.51. The summed E-state index contributed by atoms with van der Waals surface area (Å²) in [6, 6.07) is 14.0. The van der Waals surface area contributed by atoms with E-state index in [1.807, 2.05) is 27.7 Å². The summed E-state index contributed by atoms with van der Waals surface area (Å²) in [5.74, 6) is 0.339. The number of nitrogens with one attached hydrogen (secondary N) is 2. The van der Waals surface area contributed by atoms with E-state index < -0.39 is 0 Å². The quantitative estimate of drug-likeness (QED) is 0.781. The molecule has 5 nitrogen and oxygen atoms in total. The normalized spacial score (nSPS) is 11.7. The maximum atomic E-state index is 12.4. The van der Waals surface area contributed by atoms with Gasteiger partial charge in [-0.15, -0.1) is 0 Å². The Morgan fingerprint density at radius 2 is 1.65 bits per heavy atom. The van der Waals surface area contributed by atoms with Gasteiger partial charge in [-0.05, 0) is 69.7 Å². The molecular weight excluding hydrogens is 328 g/mol. The zero-order chi connectivity index (χ0) is 19.1. The highest BCUT2D eigenvalue weighted by Crippen LogP contribution is 2.16. The lowest BCUT2D eigenvalue weighted by molar-refractivity contribution is 0.0938. The Hall–Kier alpha value is -2.82.